The summed E-state index contributed by atoms with van der Waals surface area (Å²) >= 11 is 0. The Balaban J connectivity index is 1.91. The number of carbonyl (C=O) groups excluding carboxylic acids is 1. The predicted octanol–water partition coefficient (Wildman–Crippen LogP) is 4.00. The van der Waals surface area contributed by atoms with Crippen LogP contribution in [0.2, 0.25) is 0 Å². The largest absolute Gasteiger partial charge is 0.331 e. The summed E-state index contributed by atoms with van der Waals surface area (Å²) in [5, 5.41) is 2.97. The van der Waals surface area contributed by atoms with Crippen molar-refractivity contribution in [2.24, 2.45) is 7.05 Å². The van der Waals surface area contributed by atoms with Gasteiger partial charge in [-0.15, -0.1) is 0 Å². The summed E-state index contributed by atoms with van der Waals surface area (Å²) in [4.78, 5) is 17.1. The quantitative estimate of drug-likeness (QED) is 0.795. The van der Waals surface area contributed by atoms with E-state index in [4.69, 9.17) is 0 Å². The fourth-order valence-corrected chi connectivity index (χ4v) is 2.96. The van der Waals surface area contributed by atoms with Crippen LogP contribution in [0.15, 0.2) is 36.4 Å². The highest BCUT2D eigenvalue weighted by atomic mass is 16.1. The van der Waals surface area contributed by atoms with Crippen molar-refractivity contribution in [3.05, 3.63) is 58.9 Å². The first-order valence-electron chi connectivity index (χ1n) is 7.83. The monoisotopic (exact) mass is 307 g/mol. The third-order valence-electron chi connectivity index (χ3n) is 4.03. The van der Waals surface area contributed by atoms with E-state index >= 15 is 0 Å². The molecule has 1 N–H and O–H groups in total. The fourth-order valence-electron chi connectivity index (χ4n) is 2.96. The average Bonchev–Trinajstić information content (AvgIpc) is 2.82. The Morgan fingerprint density at radius 1 is 1.13 bits per heavy atom. The maximum absolute atomic E-state index is 12.5. The minimum atomic E-state index is -0.111. The molecule has 0 radical (unpaired) electrons. The Labute approximate surface area is 136 Å². The number of carbonyl (C=O) groups is 1. The van der Waals surface area contributed by atoms with Crippen molar-refractivity contribution >= 4 is 22.6 Å². The molecule has 23 heavy (non-hydrogen) atoms. The molecule has 0 bridgehead atoms. The SMILES string of the molecule is CCc1nc2cc(C(=O)Nc3cc(C)cc(C)c3)ccc2n1C. The molecule has 0 aliphatic rings. The molecule has 1 amide bonds. The summed E-state index contributed by atoms with van der Waals surface area (Å²) in [5.74, 6) is 0.910. The molecule has 0 unspecified atom stereocenters. The second-order valence-electron chi connectivity index (χ2n) is 5.97. The van der Waals surface area contributed by atoms with Gasteiger partial charge in [-0.1, -0.05) is 13.0 Å². The molecule has 1 heterocycles. The van der Waals surface area contributed by atoms with Crippen LogP contribution in [0.1, 0.15) is 34.2 Å². The molecule has 118 valence electrons. The normalized spacial score (nSPS) is 11.0. The number of anilines is 1. The van der Waals surface area contributed by atoms with Gasteiger partial charge in [0.05, 0.1) is 11.0 Å². The van der Waals surface area contributed by atoms with Gasteiger partial charge in [-0.3, -0.25) is 4.79 Å². The Bertz CT molecular complexity index is 873. The van der Waals surface area contributed by atoms with Gasteiger partial charge in [0.1, 0.15) is 5.82 Å². The van der Waals surface area contributed by atoms with Crippen molar-refractivity contribution in [1.29, 1.82) is 0 Å². The number of aromatic nitrogens is 2. The second-order valence-corrected chi connectivity index (χ2v) is 5.97. The topological polar surface area (TPSA) is 46.9 Å². The van der Waals surface area contributed by atoms with E-state index in [1.54, 1.807) is 0 Å². The predicted molar refractivity (Wildman–Crippen MR) is 94.0 cm³/mol. The molecular formula is C19H21N3O. The minimum Gasteiger partial charge on any atom is -0.331 e. The minimum absolute atomic E-state index is 0.111. The third-order valence-corrected chi connectivity index (χ3v) is 4.03. The zero-order valence-electron chi connectivity index (χ0n) is 14.0. The van der Waals surface area contributed by atoms with Crippen LogP contribution in [0.5, 0.6) is 0 Å². The van der Waals surface area contributed by atoms with E-state index in [9.17, 15) is 4.79 Å². The van der Waals surface area contributed by atoms with Crippen molar-refractivity contribution in [3.63, 3.8) is 0 Å². The number of nitrogens with zero attached hydrogens (tertiary/aromatic N) is 2. The lowest BCUT2D eigenvalue weighted by atomic mass is 10.1. The van der Waals surface area contributed by atoms with E-state index < -0.39 is 0 Å². The molecule has 0 atom stereocenters. The van der Waals surface area contributed by atoms with Crippen LogP contribution in [0, 0.1) is 13.8 Å². The molecule has 0 saturated carbocycles. The Hall–Kier alpha value is -2.62. The molecule has 0 fully saturated rings. The van der Waals surface area contributed by atoms with Gasteiger partial charge in [-0.25, -0.2) is 4.98 Å². The van der Waals surface area contributed by atoms with Gasteiger partial charge >= 0.3 is 0 Å². The van der Waals surface area contributed by atoms with Gasteiger partial charge in [-0.05, 0) is 55.3 Å². The highest BCUT2D eigenvalue weighted by molar-refractivity contribution is 6.06. The van der Waals surface area contributed by atoms with Crippen molar-refractivity contribution in [2.75, 3.05) is 5.32 Å². The van der Waals surface area contributed by atoms with Crippen LogP contribution >= 0.6 is 0 Å². The van der Waals surface area contributed by atoms with E-state index in [2.05, 4.69) is 27.9 Å². The lowest BCUT2D eigenvalue weighted by molar-refractivity contribution is 0.102. The number of nitrogens with one attached hydrogen (secondary N) is 1. The third kappa shape index (κ3) is 2.97. The molecule has 1 aromatic heterocycles. The fraction of sp³-hybridized carbons (Fsp3) is 0.263. The number of amides is 1. The number of benzene rings is 2. The van der Waals surface area contributed by atoms with Crippen LogP contribution in [0.3, 0.4) is 0 Å². The lowest BCUT2D eigenvalue weighted by Crippen LogP contribution is -2.12. The number of hydrogen-bond donors (Lipinski definition) is 1. The highest BCUT2D eigenvalue weighted by Gasteiger charge is 2.11. The zero-order chi connectivity index (χ0) is 16.6. The number of imidazole rings is 1. The molecule has 0 spiro atoms. The highest BCUT2D eigenvalue weighted by Crippen LogP contribution is 2.19. The van der Waals surface area contributed by atoms with Crippen LogP contribution in [0.25, 0.3) is 11.0 Å². The first-order valence-corrected chi connectivity index (χ1v) is 7.83. The smallest absolute Gasteiger partial charge is 0.255 e. The van der Waals surface area contributed by atoms with E-state index in [0.717, 1.165) is 40.1 Å². The number of fused-ring (bicyclic) bond motifs is 1. The summed E-state index contributed by atoms with van der Waals surface area (Å²) in [7, 11) is 2.00. The number of rotatable bonds is 3. The molecular weight excluding hydrogens is 286 g/mol. The second kappa shape index (κ2) is 5.88. The summed E-state index contributed by atoms with van der Waals surface area (Å²) in [5.41, 5.74) is 5.61. The van der Waals surface area contributed by atoms with E-state index in [1.807, 2.05) is 51.2 Å². The van der Waals surface area contributed by atoms with Gasteiger partial charge in [0.25, 0.3) is 5.91 Å². The Morgan fingerprint density at radius 2 is 1.83 bits per heavy atom. The number of hydrogen-bond acceptors (Lipinski definition) is 2. The Morgan fingerprint density at radius 3 is 2.48 bits per heavy atom. The molecule has 0 aliphatic heterocycles. The molecule has 2 aromatic carbocycles. The van der Waals surface area contributed by atoms with Gasteiger partial charge < -0.3 is 9.88 Å². The average molecular weight is 307 g/mol. The molecule has 0 saturated heterocycles. The van der Waals surface area contributed by atoms with Gasteiger partial charge in [-0.2, -0.15) is 0 Å². The molecule has 3 aromatic rings. The molecule has 4 heteroatoms. The molecule has 4 nitrogen and oxygen atoms in total. The van der Waals surface area contributed by atoms with Crippen molar-refractivity contribution in [3.8, 4) is 0 Å². The standard InChI is InChI=1S/C19H21N3O/c1-5-18-21-16-11-14(6-7-17(16)22(18)4)19(23)20-15-9-12(2)8-13(3)10-15/h6-11H,5H2,1-4H3,(H,20,23). The van der Waals surface area contributed by atoms with Gasteiger partial charge in [0, 0.05) is 24.7 Å². The van der Waals surface area contributed by atoms with Crippen molar-refractivity contribution < 1.29 is 4.79 Å². The van der Waals surface area contributed by atoms with Crippen molar-refractivity contribution in [1.82, 2.24) is 9.55 Å². The molecule has 3 rings (SSSR count). The maximum Gasteiger partial charge on any atom is 0.255 e. The summed E-state index contributed by atoms with van der Waals surface area (Å²) in [6, 6.07) is 11.7. The summed E-state index contributed by atoms with van der Waals surface area (Å²) < 4.78 is 2.07. The first kappa shape index (κ1) is 15.3. The van der Waals surface area contributed by atoms with E-state index in [1.165, 1.54) is 0 Å². The van der Waals surface area contributed by atoms with E-state index in [-0.39, 0.29) is 5.91 Å². The maximum atomic E-state index is 12.5. The van der Waals surface area contributed by atoms with Crippen LogP contribution in [0.4, 0.5) is 5.69 Å². The summed E-state index contributed by atoms with van der Waals surface area (Å²) in [6.07, 6.45) is 0.870. The van der Waals surface area contributed by atoms with Crippen LogP contribution in [-0.2, 0) is 13.5 Å². The summed E-state index contributed by atoms with van der Waals surface area (Å²) in [6.45, 7) is 6.12. The lowest BCUT2D eigenvalue weighted by Gasteiger charge is -2.08. The van der Waals surface area contributed by atoms with Gasteiger partial charge in [0.2, 0.25) is 0 Å². The van der Waals surface area contributed by atoms with Crippen LogP contribution < -0.4 is 5.32 Å². The van der Waals surface area contributed by atoms with Crippen molar-refractivity contribution in [2.45, 2.75) is 27.2 Å². The van der Waals surface area contributed by atoms with Crippen LogP contribution in [-0.4, -0.2) is 15.5 Å². The first-order chi connectivity index (χ1) is 11.0. The Kier molecular flexibility index (Phi) is 3.90. The molecule has 0 aliphatic carbocycles. The van der Waals surface area contributed by atoms with Gasteiger partial charge in [0.15, 0.2) is 0 Å². The van der Waals surface area contributed by atoms with E-state index in [0.29, 0.717) is 5.56 Å². The zero-order valence-corrected chi connectivity index (χ0v) is 14.0. The number of aryl methyl sites for hydroxylation is 4.